The van der Waals surface area contributed by atoms with Gasteiger partial charge in [0.1, 0.15) is 17.3 Å². The van der Waals surface area contributed by atoms with Crippen molar-refractivity contribution >= 4 is 11.7 Å². The molecule has 2 rings (SSSR count). The summed E-state index contributed by atoms with van der Waals surface area (Å²) in [5.41, 5.74) is 1.91. The number of rotatable bonds is 8. The summed E-state index contributed by atoms with van der Waals surface area (Å²) in [6, 6.07) is 6.77. The van der Waals surface area contributed by atoms with Gasteiger partial charge in [0.15, 0.2) is 0 Å². The zero-order valence-corrected chi connectivity index (χ0v) is 17.1. The molecule has 1 aromatic heterocycles. The van der Waals surface area contributed by atoms with Gasteiger partial charge in [0.05, 0.1) is 7.11 Å². The van der Waals surface area contributed by atoms with Gasteiger partial charge < -0.3 is 14.8 Å². The van der Waals surface area contributed by atoms with Gasteiger partial charge in [-0.2, -0.15) is 0 Å². The summed E-state index contributed by atoms with van der Waals surface area (Å²) in [7, 11) is 1.31. The number of ketones is 1. The summed E-state index contributed by atoms with van der Waals surface area (Å²) in [6.07, 6.45) is -4.68. The zero-order chi connectivity index (χ0) is 22.5. The topological polar surface area (TPSA) is 77.5 Å². The molecule has 0 aliphatic carbocycles. The van der Waals surface area contributed by atoms with Crippen molar-refractivity contribution in [3.05, 3.63) is 52.8 Å². The lowest BCUT2D eigenvalue weighted by molar-refractivity contribution is -0.274. The van der Waals surface area contributed by atoms with Crippen molar-refractivity contribution in [3.63, 3.8) is 0 Å². The number of benzene rings is 1. The number of halogens is 3. The highest BCUT2D eigenvalue weighted by Gasteiger charge is 2.31. The van der Waals surface area contributed by atoms with Crippen molar-refractivity contribution < 1.29 is 32.2 Å². The van der Waals surface area contributed by atoms with Crippen LogP contribution in [-0.4, -0.2) is 30.1 Å². The molecule has 0 fully saturated rings. The Morgan fingerprint density at radius 2 is 1.87 bits per heavy atom. The second-order valence-electron chi connectivity index (χ2n) is 6.99. The van der Waals surface area contributed by atoms with Crippen LogP contribution in [-0.2, 0) is 17.8 Å². The van der Waals surface area contributed by atoms with Crippen LogP contribution in [0.2, 0.25) is 0 Å². The third-order valence-electron chi connectivity index (χ3n) is 4.20. The summed E-state index contributed by atoms with van der Waals surface area (Å²) in [4.78, 5) is 28.8. The third-order valence-corrected chi connectivity index (χ3v) is 4.20. The van der Waals surface area contributed by atoms with Gasteiger partial charge in [-0.15, -0.1) is 13.2 Å². The molecule has 6 nitrogen and oxygen atoms in total. The lowest BCUT2D eigenvalue weighted by Gasteiger charge is -2.14. The quantitative estimate of drug-likeness (QED) is 0.693. The number of hydrogen-bond acceptors (Lipinski definition) is 5. The van der Waals surface area contributed by atoms with Gasteiger partial charge in [-0.1, -0.05) is 13.8 Å². The van der Waals surface area contributed by atoms with Crippen LogP contribution in [0.15, 0.2) is 30.3 Å². The van der Waals surface area contributed by atoms with Crippen molar-refractivity contribution in [2.24, 2.45) is 5.92 Å². The third kappa shape index (κ3) is 6.75. The number of nitrogens with one attached hydrogen (secondary N) is 1. The van der Waals surface area contributed by atoms with Crippen LogP contribution in [0.25, 0.3) is 0 Å². The number of Topliss-reactive ketones (excluding diaryl/α,β-unsaturated/α-hetero) is 1. The minimum atomic E-state index is -4.81. The Labute approximate surface area is 172 Å². The monoisotopic (exact) mass is 424 g/mol. The first kappa shape index (κ1) is 23.2. The standard InChI is InChI=1S/C21H23F3N2O4/c1-12(2)18(27)9-16-8-15(7-13(3)26-16)20(28)25-11-14-5-6-17(10-19(14)29-4)30-21(22,23)24/h5-8,10,12H,9,11H2,1-4H3,(H,25,28). The van der Waals surface area contributed by atoms with Crippen molar-refractivity contribution in [1.29, 1.82) is 0 Å². The minimum absolute atomic E-state index is 0.0189. The van der Waals surface area contributed by atoms with E-state index >= 15 is 0 Å². The number of aromatic nitrogens is 1. The van der Waals surface area contributed by atoms with Gasteiger partial charge in [-0.05, 0) is 31.2 Å². The lowest BCUT2D eigenvalue weighted by atomic mass is 10.0. The van der Waals surface area contributed by atoms with E-state index in [4.69, 9.17) is 4.74 Å². The molecular weight excluding hydrogens is 401 g/mol. The average Bonchev–Trinajstić information content (AvgIpc) is 2.64. The number of amides is 1. The fourth-order valence-corrected chi connectivity index (χ4v) is 2.69. The molecule has 0 saturated heterocycles. The molecule has 9 heteroatoms. The molecule has 0 saturated carbocycles. The summed E-state index contributed by atoms with van der Waals surface area (Å²) in [6.45, 7) is 5.34. The maximum atomic E-state index is 12.6. The summed E-state index contributed by atoms with van der Waals surface area (Å²) >= 11 is 0. The van der Waals surface area contributed by atoms with Crippen LogP contribution < -0.4 is 14.8 Å². The molecule has 1 amide bonds. The van der Waals surface area contributed by atoms with E-state index in [-0.39, 0.29) is 30.4 Å². The van der Waals surface area contributed by atoms with Gasteiger partial charge in [-0.25, -0.2) is 0 Å². The molecule has 30 heavy (non-hydrogen) atoms. The Morgan fingerprint density at radius 1 is 1.17 bits per heavy atom. The highest BCUT2D eigenvalue weighted by Crippen LogP contribution is 2.29. The molecule has 2 aromatic rings. The predicted octanol–water partition coefficient (Wildman–Crippen LogP) is 3.99. The van der Waals surface area contributed by atoms with Crippen molar-refractivity contribution in [2.45, 2.75) is 40.1 Å². The molecule has 0 radical (unpaired) electrons. The van der Waals surface area contributed by atoms with E-state index in [1.165, 1.54) is 13.2 Å². The molecule has 162 valence electrons. The molecule has 1 aromatic carbocycles. The molecular formula is C21H23F3N2O4. The lowest BCUT2D eigenvalue weighted by Crippen LogP contribution is -2.24. The maximum absolute atomic E-state index is 12.6. The average molecular weight is 424 g/mol. The van der Waals surface area contributed by atoms with E-state index in [2.05, 4.69) is 15.0 Å². The Bertz CT molecular complexity index is 927. The molecule has 0 spiro atoms. The van der Waals surface area contributed by atoms with Gasteiger partial charge in [0.25, 0.3) is 5.91 Å². The Hall–Kier alpha value is -3.10. The fourth-order valence-electron chi connectivity index (χ4n) is 2.69. The Kier molecular flexibility index (Phi) is 7.42. The second kappa shape index (κ2) is 9.60. The number of hydrogen-bond donors (Lipinski definition) is 1. The predicted molar refractivity (Wildman–Crippen MR) is 103 cm³/mol. The van der Waals surface area contributed by atoms with E-state index in [1.807, 2.05) is 0 Å². The minimum Gasteiger partial charge on any atom is -0.496 e. The number of pyridine rings is 1. The summed E-state index contributed by atoms with van der Waals surface area (Å²) in [5, 5.41) is 2.69. The fraction of sp³-hybridized carbons (Fsp3) is 0.381. The molecule has 0 unspecified atom stereocenters. The Morgan fingerprint density at radius 3 is 2.47 bits per heavy atom. The summed E-state index contributed by atoms with van der Waals surface area (Å²) in [5.74, 6) is -0.798. The van der Waals surface area contributed by atoms with Crippen LogP contribution >= 0.6 is 0 Å². The number of ether oxygens (including phenoxy) is 2. The number of aryl methyl sites for hydroxylation is 1. The number of methoxy groups -OCH3 is 1. The summed E-state index contributed by atoms with van der Waals surface area (Å²) < 4.78 is 46.0. The van der Waals surface area contributed by atoms with Crippen molar-refractivity contribution in [2.75, 3.05) is 7.11 Å². The van der Waals surface area contributed by atoms with Crippen molar-refractivity contribution in [1.82, 2.24) is 10.3 Å². The van der Waals surface area contributed by atoms with Gasteiger partial charge in [0, 0.05) is 47.5 Å². The van der Waals surface area contributed by atoms with Crippen LogP contribution in [0.5, 0.6) is 11.5 Å². The second-order valence-corrected chi connectivity index (χ2v) is 6.99. The van der Waals surface area contributed by atoms with E-state index < -0.39 is 18.0 Å². The first-order valence-corrected chi connectivity index (χ1v) is 9.19. The number of nitrogens with zero attached hydrogens (tertiary/aromatic N) is 1. The first-order valence-electron chi connectivity index (χ1n) is 9.19. The largest absolute Gasteiger partial charge is 0.573 e. The van der Waals surface area contributed by atoms with E-state index in [0.717, 1.165) is 12.1 Å². The van der Waals surface area contributed by atoms with E-state index in [9.17, 15) is 22.8 Å². The highest BCUT2D eigenvalue weighted by molar-refractivity contribution is 5.94. The van der Waals surface area contributed by atoms with Crippen LogP contribution in [0.4, 0.5) is 13.2 Å². The first-order chi connectivity index (χ1) is 14.0. The number of carbonyl (C=O) groups is 2. The molecule has 0 aliphatic heterocycles. The maximum Gasteiger partial charge on any atom is 0.573 e. The number of carbonyl (C=O) groups excluding carboxylic acids is 2. The normalized spacial score (nSPS) is 11.3. The molecule has 1 N–H and O–H groups in total. The van der Waals surface area contributed by atoms with Crippen LogP contribution in [0.1, 0.15) is 41.2 Å². The number of alkyl halides is 3. The smallest absolute Gasteiger partial charge is 0.496 e. The zero-order valence-electron chi connectivity index (χ0n) is 17.1. The molecule has 0 aliphatic rings. The van der Waals surface area contributed by atoms with Gasteiger partial charge in [0.2, 0.25) is 0 Å². The highest BCUT2D eigenvalue weighted by atomic mass is 19.4. The van der Waals surface area contributed by atoms with E-state index in [0.29, 0.717) is 22.5 Å². The van der Waals surface area contributed by atoms with Gasteiger partial charge >= 0.3 is 6.36 Å². The van der Waals surface area contributed by atoms with Crippen LogP contribution in [0.3, 0.4) is 0 Å². The Balaban J connectivity index is 2.12. The van der Waals surface area contributed by atoms with E-state index in [1.54, 1.807) is 32.9 Å². The van der Waals surface area contributed by atoms with Crippen molar-refractivity contribution in [3.8, 4) is 11.5 Å². The molecule has 1 heterocycles. The van der Waals surface area contributed by atoms with Crippen LogP contribution in [0, 0.1) is 12.8 Å². The molecule has 0 atom stereocenters. The SMILES string of the molecule is COc1cc(OC(F)(F)F)ccc1CNC(=O)c1cc(C)nc(CC(=O)C(C)C)c1. The molecule has 0 bridgehead atoms. The van der Waals surface area contributed by atoms with Gasteiger partial charge in [-0.3, -0.25) is 14.6 Å².